The first-order valence-corrected chi connectivity index (χ1v) is 9.29. The molecule has 6 nitrogen and oxygen atoms in total. The molecule has 3 rings (SSSR count). The molecule has 0 radical (unpaired) electrons. The van der Waals surface area contributed by atoms with Gasteiger partial charge in [0.05, 0.1) is 5.92 Å². The third-order valence-electron chi connectivity index (χ3n) is 4.90. The summed E-state index contributed by atoms with van der Waals surface area (Å²) >= 11 is 3.32. The minimum absolute atomic E-state index is 0. The zero-order chi connectivity index (χ0) is 17.1. The van der Waals surface area contributed by atoms with Crippen molar-refractivity contribution in [3.05, 3.63) is 22.8 Å². The second kappa shape index (κ2) is 10.4. The molecule has 3 atom stereocenters. The van der Waals surface area contributed by atoms with Gasteiger partial charge in [-0.15, -0.1) is 24.8 Å². The molecule has 26 heavy (non-hydrogen) atoms. The molecular weight excluding hydrogens is 443 g/mol. The largest absolute Gasteiger partial charge is 0.342 e. The summed E-state index contributed by atoms with van der Waals surface area (Å²) < 4.78 is 0.865. The number of amides is 2. The van der Waals surface area contributed by atoms with Crippen molar-refractivity contribution in [1.82, 2.24) is 9.88 Å². The summed E-state index contributed by atoms with van der Waals surface area (Å²) in [5, 5.41) is 2.85. The molecule has 1 aliphatic heterocycles. The highest BCUT2D eigenvalue weighted by atomic mass is 79.9. The SMILES string of the molecule is Cl.Cl.NC1CCC(C(=O)N2CCCC(C(=O)Nc3ccc(Br)cn3)C2)C1. The summed E-state index contributed by atoms with van der Waals surface area (Å²) in [6.07, 6.45) is 5.87. The van der Waals surface area contributed by atoms with Gasteiger partial charge >= 0.3 is 0 Å². The first kappa shape index (κ1) is 23.1. The van der Waals surface area contributed by atoms with Crippen LogP contribution < -0.4 is 11.1 Å². The summed E-state index contributed by atoms with van der Waals surface area (Å²) in [6, 6.07) is 3.74. The highest BCUT2D eigenvalue weighted by Gasteiger charge is 2.34. The van der Waals surface area contributed by atoms with Crippen LogP contribution in [0.2, 0.25) is 0 Å². The highest BCUT2D eigenvalue weighted by Crippen LogP contribution is 2.28. The van der Waals surface area contributed by atoms with Crippen molar-refractivity contribution in [3.63, 3.8) is 0 Å². The predicted molar refractivity (Wildman–Crippen MR) is 110 cm³/mol. The molecule has 0 spiro atoms. The molecule has 1 aliphatic carbocycles. The highest BCUT2D eigenvalue weighted by molar-refractivity contribution is 9.10. The Morgan fingerprint density at radius 3 is 2.58 bits per heavy atom. The molecule has 9 heteroatoms. The van der Waals surface area contributed by atoms with E-state index in [1.54, 1.807) is 12.3 Å². The van der Waals surface area contributed by atoms with Crippen LogP contribution in [0.1, 0.15) is 32.1 Å². The molecule has 0 bridgehead atoms. The predicted octanol–water partition coefficient (Wildman–Crippen LogP) is 2.99. The lowest BCUT2D eigenvalue weighted by atomic mass is 9.95. The average Bonchev–Trinajstić information content (AvgIpc) is 3.03. The van der Waals surface area contributed by atoms with Crippen LogP contribution in [-0.2, 0) is 9.59 Å². The number of halogens is 3. The van der Waals surface area contributed by atoms with Gasteiger partial charge in [0.15, 0.2) is 0 Å². The molecule has 3 unspecified atom stereocenters. The van der Waals surface area contributed by atoms with E-state index in [-0.39, 0.29) is 54.5 Å². The molecule has 2 amide bonds. The Bertz CT molecular complexity index is 617. The monoisotopic (exact) mass is 466 g/mol. The van der Waals surface area contributed by atoms with Gasteiger partial charge in [-0.1, -0.05) is 0 Å². The van der Waals surface area contributed by atoms with Crippen LogP contribution in [0.3, 0.4) is 0 Å². The van der Waals surface area contributed by atoms with Gasteiger partial charge in [0.25, 0.3) is 0 Å². The maximum absolute atomic E-state index is 12.6. The number of nitrogens with one attached hydrogen (secondary N) is 1. The van der Waals surface area contributed by atoms with Gasteiger partial charge in [0.1, 0.15) is 5.82 Å². The number of anilines is 1. The molecule has 2 fully saturated rings. The summed E-state index contributed by atoms with van der Waals surface area (Å²) in [6.45, 7) is 1.23. The van der Waals surface area contributed by atoms with Gasteiger partial charge in [-0.3, -0.25) is 9.59 Å². The number of hydrogen-bond acceptors (Lipinski definition) is 4. The van der Waals surface area contributed by atoms with Gasteiger partial charge in [-0.25, -0.2) is 4.98 Å². The summed E-state index contributed by atoms with van der Waals surface area (Å²) in [5.41, 5.74) is 5.92. The molecule has 2 heterocycles. The van der Waals surface area contributed by atoms with Crippen molar-refractivity contribution in [1.29, 1.82) is 0 Å². The Labute approximate surface area is 174 Å². The molecule has 1 saturated heterocycles. The Balaban J connectivity index is 0.00000169. The number of carbonyl (C=O) groups is 2. The lowest BCUT2D eigenvalue weighted by Crippen LogP contribution is -2.45. The first-order chi connectivity index (χ1) is 11.5. The first-order valence-electron chi connectivity index (χ1n) is 8.49. The molecular formula is C17H25BrCl2N4O2. The molecule has 3 N–H and O–H groups in total. The van der Waals surface area contributed by atoms with E-state index < -0.39 is 0 Å². The van der Waals surface area contributed by atoms with E-state index in [9.17, 15) is 9.59 Å². The second-order valence-electron chi connectivity index (χ2n) is 6.74. The van der Waals surface area contributed by atoms with Crippen molar-refractivity contribution >= 4 is 58.4 Å². The molecule has 1 saturated carbocycles. The van der Waals surface area contributed by atoms with Gasteiger partial charge < -0.3 is 16.0 Å². The zero-order valence-corrected chi connectivity index (χ0v) is 17.6. The summed E-state index contributed by atoms with van der Waals surface area (Å²) in [4.78, 5) is 31.1. The van der Waals surface area contributed by atoms with Crippen molar-refractivity contribution in [2.24, 2.45) is 17.6 Å². The Morgan fingerprint density at radius 2 is 1.96 bits per heavy atom. The minimum atomic E-state index is -0.178. The quantitative estimate of drug-likeness (QED) is 0.715. The molecule has 2 aliphatic rings. The van der Waals surface area contributed by atoms with Crippen molar-refractivity contribution in [2.45, 2.75) is 38.1 Å². The van der Waals surface area contributed by atoms with Crippen molar-refractivity contribution < 1.29 is 9.59 Å². The van der Waals surface area contributed by atoms with Crippen molar-refractivity contribution in [3.8, 4) is 0 Å². The smallest absolute Gasteiger partial charge is 0.230 e. The number of carbonyl (C=O) groups excluding carboxylic acids is 2. The minimum Gasteiger partial charge on any atom is -0.342 e. The molecule has 0 aromatic carbocycles. The lowest BCUT2D eigenvalue weighted by molar-refractivity contribution is -0.138. The number of piperidine rings is 1. The maximum Gasteiger partial charge on any atom is 0.230 e. The van der Waals surface area contributed by atoms with Crippen LogP contribution in [-0.4, -0.2) is 40.8 Å². The maximum atomic E-state index is 12.6. The van der Waals surface area contributed by atoms with E-state index in [0.717, 1.165) is 43.1 Å². The lowest BCUT2D eigenvalue weighted by Gasteiger charge is -2.33. The number of nitrogens with zero attached hydrogens (tertiary/aromatic N) is 2. The fourth-order valence-corrected chi connectivity index (χ4v) is 3.80. The van der Waals surface area contributed by atoms with Crippen LogP contribution in [0.15, 0.2) is 22.8 Å². The van der Waals surface area contributed by atoms with E-state index in [0.29, 0.717) is 12.4 Å². The summed E-state index contributed by atoms with van der Waals surface area (Å²) in [7, 11) is 0. The van der Waals surface area contributed by atoms with E-state index in [2.05, 4.69) is 26.2 Å². The Hall–Kier alpha value is -0.890. The van der Waals surface area contributed by atoms with Crippen LogP contribution in [0.25, 0.3) is 0 Å². The standard InChI is InChI=1S/C17H23BrN4O2.2ClH/c18-13-4-6-15(20-9-13)21-16(23)12-2-1-7-22(10-12)17(24)11-3-5-14(19)8-11;;/h4,6,9,11-12,14H,1-3,5,7-8,10,19H2,(H,20,21,23);2*1H. The third-order valence-corrected chi connectivity index (χ3v) is 5.37. The number of likely N-dealkylation sites (tertiary alicyclic amines) is 1. The number of pyridine rings is 1. The number of aromatic nitrogens is 1. The Morgan fingerprint density at radius 1 is 1.19 bits per heavy atom. The fourth-order valence-electron chi connectivity index (χ4n) is 3.57. The molecule has 1 aromatic rings. The van der Waals surface area contributed by atoms with Crippen molar-refractivity contribution in [2.75, 3.05) is 18.4 Å². The second-order valence-corrected chi connectivity index (χ2v) is 7.66. The fraction of sp³-hybridized carbons (Fsp3) is 0.588. The number of rotatable bonds is 3. The van der Waals surface area contributed by atoms with Crippen LogP contribution >= 0.6 is 40.7 Å². The van der Waals surface area contributed by atoms with Gasteiger partial charge in [-0.2, -0.15) is 0 Å². The van der Waals surface area contributed by atoms with E-state index in [1.807, 2.05) is 11.0 Å². The van der Waals surface area contributed by atoms with Gasteiger partial charge in [0.2, 0.25) is 11.8 Å². The normalized spacial score (nSPS) is 25.0. The molecule has 1 aromatic heterocycles. The van der Waals surface area contributed by atoms with Crippen LogP contribution in [0, 0.1) is 11.8 Å². The van der Waals surface area contributed by atoms with E-state index >= 15 is 0 Å². The Kier molecular flexibility index (Phi) is 9.30. The zero-order valence-electron chi connectivity index (χ0n) is 14.4. The van der Waals surface area contributed by atoms with Gasteiger partial charge in [-0.05, 0) is 60.2 Å². The summed E-state index contributed by atoms with van der Waals surface area (Å²) in [5.74, 6) is 0.499. The topological polar surface area (TPSA) is 88.3 Å². The number of hydrogen-bond donors (Lipinski definition) is 2. The van der Waals surface area contributed by atoms with Crippen LogP contribution in [0.5, 0.6) is 0 Å². The van der Waals surface area contributed by atoms with Crippen LogP contribution in [0.4, 0.5) is 5.82 Å². The average molecular weight is 468 g/mol. The molecule has 146 valence electrons. The number of nitrogens with two attached hydrogens (primary N) is 1. The van der Waals surface area contributed by atoms with Gasteiger partial charge in [0, 0.05) is 35.7 Å². The van der Waals surface area contributed by atoms with E-state index in [1.165, 1.54) is 0 Å². The van der Waals surface area contributed by atoms with E-state index in [4.69, 9.17) is 5.73 Å². The third kappa shape index (κ3) is 5.81.